The van der Waals surface area contributed by atoms with Crippen LogP contribution in [-0.2, 0) is 14.3 Å². The van der Waals surface area contributed by atoms with Gasteiger partial charge in [0.25, 0.3) is 0 Å². The van der Waals surface area contributed by atoms with Crippen LogP contribution in [0.4, 0.5) is 0 Å². The zero-order chi connectivity index (χ0) is 17.8. The van der Waals surface area contributed by atoms with Crippen LogP contribution in [-0.4, -0.2) is 42.5 Å². The molecule has 0 bridgehead atoms. The van der Waals surface area contributed by atoms with E-state index in [0.717, 1.165) is 11.1 Å². The fourth-order valence-corrected chi connectivity index (χ4v) is 3.41. The highest BCUT2D eigenvalue weighted by molar-refractivity contribution is 5.91. The summed E-state index contributed by atoms with van der Waals surface area (Å²) in [6.07, 6.45) is 0.425. The van der Waals surface area contributed by atoms with Crippen LogP contribution in [0.25, 0.3) is 0 Å². The highest BCUT2D eigenvalue weighted by Crippen LogP contribution is 2.30. The van der Waals surface area contributed by atoms with E-state index in [0.29, 0.717) is 13.0 Å². The van der Waals surface area contributed by atoms with E-state index in [9.17, 15) is 9.59 Å². The van der Waals surface area contributed by atoms with E-state index in [2.05, 4.69) is 0 Å². The molecule has 5 nitrogen and oxygen atoms in total. The van der Waals surface area contributed by atoms with Crippen LogP contribution in [0.3, 0.4) is 0 Å². The Balaban J connectivity index is 1.98. The lowest BCUT2D eigenvalue weighted by Gasteiger charge is -2.28. The second-order valence-corrected chi connectivity index (χ2v) is 6.28. The van der Waals surface area contributed by atoms with Crippen LogP contribution in [0.1, 0.15) is 23.5 Å². The summed E-state index contributed by atoms with van der Waals surface area (Å²) in [6.45, 7) is 0.356. The molecule has 1 aliphatic rings. The number of esters is 1. The van der Waals surface area contributed by atoms with Crippen LogP contribution < -0.4 is 5.73 Å². The molecule has 2 aromatic carbocycles. The minimum Gasteiger partial charge on any atom is -0.467 e. The van der Waals surface area contributed by atoms with Gasteiger partial charge in [0.1, 0.15) is 6.04 Å². The van der Waals surface area contributed by atoms with Crippen LogP contribution in [0.5, 0.6) is 0 Å². The fourth-order valence-electron chi connectivity index (χ4n) is 3.41. The first-order valence-electron chi connectivity index (χ1n) is 8.35. The molecule has 1 saturated heterocycles. The molecule has 1 aliphatic heterocycles. The molecule has 1 heterocycles. The molecule has 0 aromatic heterocycles. The summed E-state index contributed by atoms with van der Waals surface area (Å²) in [6, 6.07) is 18.3. The van der Waals surface area contributed by atoms with Crippen molar-refractivity contribution >= 4 is 11.9 Å². The van der Waals surface area contributed by atoms with Gasteiger partial charge in [0.15, 0.2) is 0 Å². The van der Waals surface area contributed by atoms with Gasteiger partial charge in [-0.2, -0.15) is 0 Å². The third-order valence-electron chi connectivity index (χ3n) is 4.60. The number of carbonyl (C=O) groups excluding carboxylic acids is 2. The van der Waals surface area contributed by atoms with Crippen molar-refractivity contribution in [2.24, 2.45) is 5.73 Å². The number of methoxy groups -OCH3 is 1. The van der Waals surface area contributed by atoms with Crippen LogP contribution >= 0.6 is 0 Å². The van der Waals surface area contributed by atoms with Gasteiger partial charge in [-0.25, -0.2) is 4.79 Å². The van der Waals surface area contributed by atoms with E-state index in [1.54, 1.807) is 4.90 Å². The zero-order valence-corrected chi connectivity index (χ0v) is 14.2. The van der Waals surface area contributed by atoms with Crippen LogP contribution in [0.2, 0.25) is 0 Å². The highest BCUT2D eigenvalue weighted by Gasteiger charge is 2.41. The first-order valence-corrected chi connectivity index (χ1v) is 8.35. The summed E-state index contributed by atoms with van der Waals surface area (Å²) in [5.74, 6) is -1.01. The van der Waals surface area contributed by atoms with E-state index >= 15 is 0 Å². The van der Waals surface area contributed by atoms with E-state index in [1.165, 1.54) is 7.11 Å². The van der Waals surface area contributed by atoms with Crippen molar-refractivity contribution in [2.45, 2.75) is 24.4 Å². The molecule has 2 atom stereocenters. The van der Waals surface area contributed by atoms with Crippen molar-refractivity contribution in [1.29, 1.82) is 0 Å². The number of benzene rings is 2. The summed E-state index contributed by atoms with van der Waals surface area (Å²) >= 11 is 0. The standard InChI is InChI=1S/C20H22N2O3/c1-25-20(24)17-12-16(21)13-22(17)19(23)18(14-8-4-2-5-9-14)15-10-6-3-7-11-15/h2-11,16-18H,12-13,21H2,1H3/t16-,17+/m0/s1. The van der Waals surface area contributed by atoms with Gasteiger partial charge in [-0.1, -0.05) is 60.7 Å². The van der Waals surface area contributed by atoms with Crippen molar-refractivity contribution in [2.75, 3.05) is 13.7 Å². The minimum atomic E-state index is -0.623. The molecule has 1 fully saturated rings. The Morgan fingerprint density at radius 1 is 1.04 bits per heavy atom. The third kappa shape index (κ3) is 3.56. The fraction of sp³-hybridized carbons (Fsp3) is 0.300. The molecule has 5 heteroatoms. The lowest BCUT2D eigenvalue weighted by Crippen LogP contribution is -2.44. The Labute approximate surface area is 147 Å². The average Bonchev–Trinajstić information content (AvgIpc) is 3.05. The van der Waals surface area contributed by atoms with Crippen molar-refractivity contribution in [3.63, 3.8) is 0 Å². The van der Waals surface area contributed by atoms with Gasteiger partial charge in [-0.15, -0.1) is 0 Å². The number of hydrogen-bond acceptors (Lipinski definition) is 4. The predicted molar refractivity (Wildman–Crippen MR) is 94.8 cm³/mol. The second kappa shape index (κ2) is 7.49. The highest BCUT2D eigenvalue weighted by atomic mass is 16.5. The lowest BCUT2D eigenvalue weighted by molar-refractivity contribution is -0.151. The van der Waals surface area contributed by atoms with Gasteiger partial charge < -0.3 is 15.4 Å². The van der Waals surface area contributed by atoms with Gasteiger partial charge in [0.2, 0.25) is 5.91 Å². The largest absolute Gasteiger partial charge is 0.467 e. The second-order valence-electron chi connectivity index (χ2n) is 6.28. The molecule has 0 saturated carbocycles. The first-order chi connectivity index (χ1) is 12.1. The van der Waals surface area contributed by atoms with E-state index < -0.39 is 17.9 Å². The topological polar surface area (TPSA) is 72.6 Å². The van der Waals surface area contributed by atoms with Crippen LogP contribution in [0.15, 0.2) is 60.7 Å². The molecule has 0 spiro atoms. The first kappa shape index (κ1) is 17.2. The summed E-state index contributed by atoms with van der Waals surface area (Å²) in [5, 5.41) is 0. The van der Waals surface area contributed by atoms with Crippen molar-refractivity contribution < 1.29 is 14.3 Å². The Hall–Kier alpha value is -2.66. The molecule has 130 valence electrons. The van der Waals surface area contributed by atoms with Gasteiger partial charge in [0, 0.05) is 12.6 Å². The van der Waals surface area contributed by atoms with Crippen molar-refractivity contribution in [3.8, 4) is 0 Å². The van der Waals surface area contributed by atoms with E-state index in [4.69, 9.17) is 10.5 Å². The zero-order valence-electron chi connectivity index (χ0n) is 14.2. The molecule has 0 unspecified atom stereocenters. The number of amides is 1. The number of nitrogens with two attached hydrogens (primary N) is 1. The number of likely N-dealkylation sites (tertiary alicyclic amines) is 1. The summed E-state index contributed by atoms with van der Waals surface area (Å²) in [4.78, 5) is 27.1. The van der Waals surface area contributed by atoms with Crippen LogP contribution in [0, 0.1) is 0 Å². The molecular formula is C20H22N2O3. The summed E-state index contributed by atoms with van der Waals surface area (Å²) in [7, 11) is 1.33. The smallest absolute Gasteiger partial charge is 0.328 e. The Morgan fingerprint density at radius 3 is 2.04 bits per heavy atom. The lowest BCUT2D eigenvalue weighted by atomic mass is 9.90. The Bertz CT molecular complexity index is 694. The molecule has 3 rings (SSSR count). The van der Waals surface area contributed by atoms with Crippen molar-refractivity contribution in [3.05, 3.63) is 71.8 Å². The quantitative estimate of drug-likeness (QED) is 0.865. The van der Waals surface area contributed by atoms with Gasteiger partial charge in [-0.05, 0) is 17.5 Å². The molecular weight excluding hydrogens is 316 g/mol. The monoisotopic (exact) mass is 338 g/mol. The SMILES string of the molecule is COC(=O)[C@H]1C[C@H](N)CN1C(=O)C(c1ccccc1)c1ccccc1. The summed E-state index contributed by atoms with van der Waals surface area (Å²) in [5.41, 5.74) is 7.80. The molecule has 0 aliphatic carbocycles. The average molecular weight is 338 g/mol. The Morgan fingerprint density at radius 2 is 1.56 bits per heavy atom. The molecule has 0 radical (unpaired) electrons. The number of carbonyl (C=O) groups is 2. The molecule has 25 heavy (non-hydrogen) atoms. The van der Waals surface area contributed by atoms with Gasteiger partial charge >= 0.3 is 5.97 Å². The van der Waals surface area contributed by atoms with Gasteiger partial charge in [-0.3, -0.25) is 4.79 Å². The number of rotatable bonds is 4. The maximum atomic E-state index is 13.4. The predicted octanol–water partition coefficient (Wildman–Crippen LogP) is 1.92. The molecule has 2 aromatic rings. The van der Waals surface area contributed by atoms with Gasteiger partial charge in [0.05, 0.1) is 13.0 Å². The number of nitrogens with zero attached hydrogens (tertiary/aromatic N) is 1. The number of ether oxygens (including phenoxy) is 1. The maximum Gasteiger partial charge on any atom is 0.328 e. The van der Waals surface area contributed by atoms with Crippen molar-refractivity contribution in [1.82, 2.24) is 4.90 Å². The molecule has 2 N–H and O–H groups in total. The van der Waals surface area contributed by atoms with E-state index in [-0.39, 0.29) is 11.9 Å². The maximum absolute atomic E-state index is 13.4. The Kier molecular flexibility index (Phi) is 5.14. The number of hydrogen-bond donors (Lipinski definition) is 1. The third-order valence-corrected chi connectivity index (χ3v) is 4.60. The van der Waals surface area contributed by atoms with E-state index in [1.807, 2.05) is 60.7 Å². The minimum absolute atomic E-state index is 0.124. The normalized spacial score (nSPS) is 19.9. The molecule has 1 amide bonds. The summed E-state index contributed by atoms with van der Waals surface area (Å²) < 4.78 is 4.87.